The van der Waals surface area contributed by atoms with Crippen LogP contribution in [0.15, 0.2) is 17.1 Å². The lowest BCUT2D eigenvalue weighted by atomic mass is 9.87. The smallest absolute Gasteiger partial charge is 0.322 e. The maximum absolute atomic E-state index is 14.8. The predicted molar refractivity (Wildman–Crippen MR) is 107 cm³/mol. The number of nitrogens with zero attached hydrogens (tertiary/aromatic N) is 2. The van der Waals surface area contributed by atoms with E-state index in [1.165, 1.54) is 13.1 Å². The molecule has 6 nitrogen and oxygen atoms in total. The molecule has 0 bridgehead atoms. The van der Waals surface area contributed by atoms with Gasteiger partial charge in [0.2, 0.25) is 5.91 Å². The Balaban J connectivity index is 1.81. The maximum atomic E-state index is 14.8. The molecule has 0 radical (unpaired) electrons. The minimum absolute atomic E-state index is 0.0427. The Hall–Kier alpha value is -2.64. The van der Waals surface area contributed by atoms with Crippen molar-refractivity contribution in [1.29, 1.82) is 0 Å². The SMILES string of the molecule is CCOC(=O)C(C=NC1CC1)C(=O)c1cc(F)c(C2CCN(C(C)=O)CC2)cc1F. The lowest BCUT2D eigenvalue weighted by Gasteiger charge is -2.31. The summed E-state index contributed by atoms with van der Waals surface area (Å²) in [5, 5.41) is 0. The molecule has 0 N–H and O–H groups in total. The van der Waals surface area contributed by atoms with Gasteiger partial charge in [0.05, 0.1) is 12.2 Å². The summed E-state index contributed by atoms with van der Waals surface area (Å²) in [4.78, 5) is 42.3. The van der Waals surface area contributed by atoms with Crippen LogP contribution in [0.1, 0.15) is 61.4 Å². The molecule has 1 aliphatic heterocycles. The van der Waals surface area contributed by atoms with Crippen LogP contribution in [-0.4, -0.2) is 54.5 Å². The normalized spacial score (nSPS) is 18.5. The molecule has 1 amide bonds. The Kier molecular flexibility index (Phi) is 6.95. The van der Waals surface area contributed by atoms with E-state index < -0.39 is 34.9 Å². The molecule has 1 saturated carbocycles. The van der Waals surface area contributed by atoms with Crippen LogP contribution >= 0.6 is 0 Å². The molecule has 1 atom stereocenters. The molecule has 3 rings (SSSR count). The van der Waals surface area contributed by atoms with Crippen molar-refractivity contribution in [3.05, 3.63) is 34.9 Å². The van der Waals surface area contributed by atoms with Gasteiger partial charge in [0.1, 0.15) is 11.6 Å². The van der Waals surface area contributed by atoms with Crippen molar-refractivity contribution in [2.24, 2.45) is 10.9 Å². The second kappa shape index (κ2) is 9.45. The number of benzene rings is 1. The van der Waals surface area contributed by atoms with Crippen LogP contribution in [0.4, 0.5) is 8.78 Å². The molecule has 1 saturated heterocycles. The third-order valence-electron chi connectivity index (χ3n) is 5.55. The standard InChI is InChI=1S/C22H26F2N2O4/c1-3-30-22(29)18(12-25-15-4-5-15)21(28)17-11-19(23)16(10-20(17)24)14-6-8-26(9-7-14)13(2)27/h10-12,14-15,18H,3-9H2,1-2H3. The quantitative estimate of drug-likeness (QED) is 0.294. The monoisotopic (exact) mass is 420 g/mol. The van der Waals surface area contributed by atoms with Gasteiger partial charge in [0, 0.05) is 32.3 Å². The highest BCUT2D eigenvalue weighted by molar-refractivity contribution is 6.18. The zero-order chi connectivity index (χ0) is 21.8. The zero-order valence-corrected chi connectivity index (χ0v) is 17.2. The van der Waals surface area contributed by atoms with Gasteiger partial charge in [-0.25, -0.2) is 8.78 Å². The number of piperidine rings is 1. The molecule has 1 aromatic carbocycles. The minimum atomic E-state index is -1.40. The predicted octanol–water partition coefficient (Wildman–Crippen LogP) is 3.29. The number of aliphatic imine (C=N–C) groups is 1. The summed E-state index contributed by atoms with van der Waals surface area (Å²) in [5.74, 6) is -4.94. The maximum Gasteiger partial charge on any atom is 0.322 e. The van der Waals surface area contributed by atoms with E-state index in [1.54, 1.807) is 11.8 Å². The molecule has 2 fully saturated rings. The molecule has 1 unspecified atom stereocenters. The molecule has 30 heavy (non-hydrogen) atoms. The Labute approximate surface area is 174 Å². The molecular weight excluding hydrogens is 394 g/mol. The molecule has 1 aromatic rings. The molecule has 2 aliphatic rings. The van der Waals surface area contributed by atoms with Gasteiger partial charge in [0.15, 0.2) is 11.7 Å². The van der Waals surface area contributed by atoms with Crippen molar-refractivity contribution in [2.45, 2.75) is 51.5 Å². The fourth-order valence-electron chi connectivity index (χ4n) is 3.64. The summed E-state index contributed by atoms with van der Waals surface area (Å²) in [6.07, 6.45) is 3.98. The fraction of sp³-hybridized carbons (Fsp3) is 0.545. The van der Waals surface area contributed by atoms with Gasteiger partial charge in [-0.15, -0.1) is 0 Å². The van der Waals surface area contributed by atoms with E-state index in [2.05, 4.69) is 4.99 Å². The summed E-state index contributed by atoms with van der Waals surface area (Å²) in [7, 11) is 0. The summed E-state index contributed by atoms with van der Waals surface area (Å²) in [6, 6.07) is 1.97. The second-order valence-electron chi connectivity index (χ2n) is 7.76. The van der Waals surface area contributed by atoms with Crippen LogP contribution in [-0.2, 0) is 14.3 Å². The second-order valence-corrected chi connectivity index (χ2v) is 7.76. The fourth-order valence-corrected chi connectivity index (χ4v) is 3.64. The number of carbonyl (C=O) groups excluding carboxylic acids is 3. The van der Waals surface area contributed by atoms with Crippen molar-refractivity contribution < 1.29 is 27.9 Å². The number of esters is 1. The number of ether oxygens (including phenoxy) is 1. The van der Waals surface area contributed by atoms with Gasteiger partial charge in [0.25, 0.3) is 0 Å². The number of carbonyl (C=O) groups is 3. The number of hydrogen-bond donors (Lipinski definition) is 0. The molecule has 0 aromatic heterocycles. The number of hydrogen-bond acceptors (Lipinski definition) is 5. The van der Waals surface area contributed by atoms with Crippen LogP contribution in [0.3, 0.4) is 0 Å². The van der Waals surface area contributed by atoms with E-state index in [9.17, 15) is 23.2 Å². The van der Waals surface area contributed by atoms with Crippen molar-refractivity contribution in [1.82, 2.24) is 4.90 Å². The van der Waals surface area contributed by atoms with Gasteiger partial charge in [-0.1, -0.05) is 0 Å². The average Bonchev–Trinajstić information content (AvgIpc) is 3.54. The number of ketones is 1. The molecule has 8 heteroatoms. The van der Waals surface area contributed by atoms with E-state index >= 15 is 0 Å². The van der Waals surface area contributed by atoms with E-state index in [1.807, 2.05) is 0 Å². The van der Waals surface area contributed by atoms with Gasteiger partial charge < -0.3 is 9.64 Å². The Morgan fingerprint density at radius 1 is 1.17 bits per heavy atom. The first-order chi connectivity index (χ1) is 14.3. The Morgan fingerprint density at radius 3 is 2.40 bits per heavy atom. The summed E-state index contributed by atoms with van der Waals surface area (Å²) >= 11 is 0. The third kappa shape index (κ3) is 5.09. The number of halogens is 2. The number of rotatable bonds is 7. The van der Waals surface area contributed by atoms with Gasteiger partial charge in [-0.2, -0.15) is 0 Å². The first-order valence-corrected chi connectivity index (χ1v) is 10.3. The van der Waals surface area contributed by atoms with Crippen molar-refractivity contribution in [2.75, 3.05) is 19.7 Å². The molecule has 0 spiro atoms. The zero-order valence-electron chi connectivity index (χ0n) is 17.2. The van der Waals surface area contributed by atoms with E-state index in [0.29, 0.717) is 25.9 Å². The largest absolute Gasteiger partial charge is 0.465 e. The third-order valence-corrected chi connectivity index (χ3v) is 5.55. The van der Waals surface area contributed by atoms with Crippen molar-refractivity contribution in [3.8, 4) is 0 Å². The summed E-state index contributed by atoms with van der Waals surface area (Å²) in [6.45, 7) is 4.10. The highest BCUT2D eigenvalue weighted by Gasteiger charge is 2.32. The number of amides is 1. The lowest BCUT2D eigenvalue weighted by molar-refractivity contribution is -0.144. The number of likely N-dealkylation sites (tertiary alicyclic amines) is 1. The Morgan fingerprint density at radius 2 is 1.83 bits per heavy atom. The molecule has 1 aliphatic carbocycles. The van der Waals surface area contributed by atoms with E-state index in [0.717, 1.165) is 25.0 Å². The van der Waals surface area contributed by atoms with Crippen LogP contribution in [0, 0.1) is 17.6 Å². The number of Topliss-reactive ketones (excluding diaryl/α,β-unsaturated/α-hetero) is 1. The summed E-state index contributed by atoms with van der Waals surface area (Å²) < 4.78 is 34.5. The first-order valence-electron chi connectivity index (χ1n) is 10.3. The van der Waals surface area contributed by atoms with Crippen LogP contribution in [0.5, 0.6) is 0 Å². The van der Waals surface area contributed by atoms with Crippen LogP contribution in [0.25, 0.3) is 0 Å². The molecular formula is C22H26F2N2O4. The lowest BCUT2D eigenvalue weighted by Crippen LogP contribution is -2.36. The average molecular weight is 420 g/mol. The van der Waals surface area contributed by atoms with E-state index in [4.69, 9.17) is 4.74 Å². The van der Waals surface area contributed by atoms with Crippen molar-refractivity contribution in [3.63, 3.8) is 0 Å². The topological polar surface area (TPSA) is 76.0 Å². The molecule has 162 valence electrons. The van der Waals surface area contributed by atoms with Gasteiger partial charge in [-0.3, -0.25) is 19.4 Å². The highest BCUT2D eigenvalue weighted by atomic mass is 19.1. The highest BCUT2D eigenvalue weighted by Crippen LogP contribution is 2.32. The van der Waals surface area contributed by atoms with Crippen LogP contribution in [0.2, 0.25) is 0 Å². The van der Waals surface area contributed by atoms with Gasteiger partial charge >= 0.3 is 5.97 Å². The first kappa shape index (κ1) is 22.1. The van der Waals surface area contributed by atoms with Gasteiger partial charge in [-0.05, 0) is 56.2 Å². The van der Waals surface area contributed by atoms with Crippen molar-refractivity contribution >= 4 is 23.9 Å². The van der Waals surface area contributed by atoms with Crippen LogP contribution < -0.4 is 0 Å². The minimum Gasteiger partial charge on any atom is -0.465 e. The Bertz CT molecular complexity index is 859. The van der Waals surface area contributed by atoms with E-state index in [-0.39, 0.29) is 30.0 Å². The summed E-state index contributed by atoms with van der Waals surface area (Å²) in [5.41, 5.74) is -0.302. The molecule has 1 heterocycles.